The maximum Gasteiger partial charge on any atom is 0.0410 e. The van der Waals surface area contributed by atoms with Crippen molar-refractivity contribution in [3.63, 3.8) is 0 Å². The molecule has 1 aromatic carbocycles. The van der Waals surface area contributed by atoms with Gasteiger partial charge in [-0.1, -0.05) is 30.9 Å². The van der Waals surface area contributed by atoms with E-state index in [4.69, 9.17) is 0 Å². The van der Waals surface area contributed by atoms with Crippen molar-refractivity contribution in [2.45, 2.75) is 13.8 Å². The van der Waals surface area contributed by atoms with Crippen molar-refractivity contribution < 1.29 is 0 Å². The van der Waals surface area contributed by atoms with Crippen LogP contribution in [0.3, 0.4) is 0 Å². The normalized spacial score (nSPS) is 11.8. The Kier molecular flexibility index (Phi) is 4.59. The Morgan fingerprint density at radius 3 is 2.69 bits per heavy atom. The van der Waals surface area contributed by atoms with Crippen molar-refractivity contribution in [1.29, 1.82) is 0 Å². The Hall–Kier alpha value is -1.76. The quantitative estimate of drug-likeness (QED) is 0.681. The molecule has 0 saturated heterocycles. The van der Waals surface area contributed by atoms with Gasteiger partial charge in [-0.05, 0) is 43.7 Å². The van der Waals surface area contributed by atoms with Crippen LogP contribution in [-0.4, -0.2) is 7.05 Å². The molecule has 0 aromatic heterocycles. The zero-order valence-corrected chi connectivity index (χ0v) is 10.3. The van der Waals surface area contributed by atoms with Crippen LogP contribution in [0.25, 0.3) is 0 Å². The highest BCUT2D eigenvalue weighted by molar-refractivity contribution is 5.55. The first-order chi connectivity index (χ1) is 7.69. The van der Waals surface area contributed by atoms with Crippen LogP contribution in [0.1, 0.15) is 12.5 Å². The highest BCUT2D eigenvalue weighted by Gasteiger charge is 2.03. The summed E-state index contributed by atoms with van der Waals surface area (Å²) in [5.41, 5.74) is 3.58. The van der Waals surface area contributed by atoms with Gasteiger partial charge in [0.15, 0.2) is 0 Å². The lowest BCUT2D eigenvalue weighted by Crippen LogP contribution is -2.14. The molecular formula is C15H19N. The van der Waals surface area contributed by atoms with Crippen LogP contribution in [0.2, 0.25) is 0 Å². The number of allylic oxidation sites excluding steroid dienone is 4. The summed E-state index contributed by atoms with van der Waals surface area (Å²) in [4.78, 5) is 2.15. The van der Waals surface area contributed by atoms with Crippen molar-refractivity contribution in [2.24, 2.45) is 0 Å². The number of nitrogens with zero attached hydrogens (tertiary/aromatic N) is 1. The largest absolute Gasteiger partial charge is 0.345 e. The van der Waals surface area contributed by atoms with Gasteiger partial charge in [-0.15, -0.1) is 0 Å². The van der Waals surface area contributed by atoms with Gasteiger partial charge in [0.05, 0.1) is 0 Å². The molecule has 0 atom stereocenters. The van der Waals surface area contributed by atoms with E-state index in [2.05, 4.69) is 55.8 Å². The average molecular weight is 213 g/mol. The summed E-state index contributed by atoms with van der Waals surface area (Å²) in [6, 6.07) is 8.44. The van der Waals surface area contributed by atoms with Crippen molar-refractivity contribution in [3.05, 3.63) is 66.4 Å². The minimum Gasteiger partial charge on any atom is -0.345 e. The molecular weight excluding hydrogens is 194 g/mol. The summed E-state index contributed by atoms with van der Waals surface area (Å²) in [5.74, 6) is 0. The summed E-state index contributed by atoms with van der Waals surface area (Å²) >= 11 is 0. The Morgan fingerprint density at radius 1 is 1.38 bits per heavy atom. The molecule has 0 bridgehead atoms. The third-order valence-corrected chi connectivity index (χ3v) is 2.40. The lowest BCUT2D eigenvalue weighted by atomic mass is 10.2. The molecule has 84 valence electrons. The number of hydrogen-bond donors (Lipinski definition) is 0. The van der Waals surface area contributed by atoms with Crippen LogP contribution in [0, 0.1) is 6.92 Å². The number of rotatable bonds is 4. The van der Waals surface area contributed by atoms with Crippen LogP contribution in [-0.2, 0) is 0 Å². The van der Waals surface area contributed by atoms with Crippen LogP contribution in [0.4, 0.5) is 5.69 Å². The van der Waals surface area contributed by atoms with Gasteiger partial charge in [0.2, 0.25) is 0 Å². The molecule has 16 heavy (non-hydrogen) atoms. The highest BCUT2D eigenvalue weighted by Crippen LogP contribution is 2.19. The second-order valence-electron chi connectivity index (χ2n) is 3.73. The van der Waals surface area contributed by atoms with Gasteiger partial charge in [-0.3, -0.25) is 0 Å². The summed E-state index contributed by atoms with van der Waals surface area (Å²) in [5, 5.41) is 0. The van der Waals surface area contributed by atoms with E-state index < -0.39 is 0 Å². The maximum absolute atomic E-state index is 3.74. The van der Waals surface area contributed by atoms with Crippen LogP contribution < -0.4 is 4.90 Å². The molecule has 1 rings (SSSR count). The van der Waals surface area contributed by atoms with Gasteiger partial charge in [0.1, 0.15) is 0 Å². The SMILES string of the molecule is C=C/C=C(\C=C/C)N(C)c1cccc(C)c1. The Morgan fingerprint density at radius 2 is 2.12 bits per heavy atom. The van der Waals surface area contributed by atoms with Gasteiger partial charge in [-0.25, -0.2) is 0 Å². The van der Waals surface area contributed by atoms with Gasteiger partial charge in [0.25, 0.3) is 0 Å². The fraction of sp³-hybridized carbons (Fsp3) is 0.200. The number of aryl methyl sites for hydroxylation is 1. The van der Waals surface area contributed by atoms with E-state index >= 15 is 0 Å². The van der Waals surface area contributed by atoms with Crippen molar-refractivity contribution in [2.75, 3.05) is 11.9 Å². The summed E-state index contributed by atoms with van der Waals surface area (Å²) < 4.78 is 0. The second-order valence-corrected chi connectivity index (χ2v) is 3.73. The van der Waals surface area contributed by atoms with Gasteiger partial charge in [-0.2, -0.15) is 0 Å². The predicted octanol–water partition coefficient (Wildman–Crippen LogP) is 4.08. The molecule has 0 heterocycles. The third-order valence-electron chi connectivity index (χ3n) is 2.40. The van der Waals surface area contributed by atoms with Crippen molar-refractivity contribution in [3.8, 4) is 0 Å². The fourth-order valence-corrected chi connectivity index (χ4v) is 1.56. The van der Waals surface area contributed by atoms with E-state index in [1.54, 1.807) is 0 Å². The lowest BCUT2D eigenvalue weighted by molar-refractivity contribution is 1.13. The van der Waals surface area contributed by atoms with Crippen LogP contribution >= 0.6 is 0 Å². The first-order valence-corrected chi connectivity index (χ1v) is 5.45. The molecule has 0 N–H and O–H groups in total. The van der Waals surface area contributed by atoms with Gasteiger partial charge < -0.3 is 4.90 Å². The molecule has 1 aromatic rings. The minimum absolute atomic E-state index is 1.13. The number of benzene rings is 1. The second kappa shape index (κ2) is 5.96. The molecule has 1 nitrogen and oxygen atoms in total. The van der Waals surface area contributed by atoms with Crippen molar-refractivity contribution in [1.82, 2.24) is 0 Å². The van der Waals surface area contributed by atoms with E-state index in [0.29, 0.717) is 0 Å². The first kappa shape index (κ1) is 12.3. The minimum atomic E-state index is 1.13. The maximum atomic E-state index is 3.74. The molecule has 0 aliphatic heterocycles. The zero-order chi connectivity index (χ0) is 12.0. The summed E-state index contributed by atoms with van der Waals surface area (Å²) in [6.07, 6.45) is 7.91. The monoisotopic (exact) mass is 213 g/mol. The predicted molar refractivity (Wildman–Crippen MR) is 72.7 cm³/mol. The topological polar surface area (TPSA) is 3.24 Å². The Bertz CT molecular complexity index is 413. The Labute approximate surface area is 98.4 Å². The number of likely N-dealkylation sites (N-methyl/N-ethyl adjacent to an activating group) is 1. The van der Waals surface area contributed by atoms with Crippen molar-refractivity contribution >= 4 is 5.69 Å². The highest BCUT2D eigenvalue weighted by atomic mass is 15.1. The van der Waals surface area contributed by atoms with Gasteiger partial charge >= 0.3 is 0 Å². The lowest BCUT2D eigenvalue weighted by Gasteiger charge is -2.20. The number of anilines is 1. The Balaban J connectivity index is 3.03. The summed E-state index contributed by atoms with van der Waals surface area (Å²) in [6.45, 7) is 7.86. The van der Waals surface area contributed by atoms with E-state index in [0.717, 1.165) is 5.70 Å². The van der Waals surface area contributed by atoms with E-state index in [9.17, 15) is 0 Å². The first-order valence-electron chi connectivity index (χ1n) is 5.45. The van der Waals surface area contributed by atoms with E-state index in [1.165, 1.54) is 11.3 Å². The van der Waals surface area contributed by atoms with Gasteiger partial charge in [0, 0.05) is 18.4 Å². The van der Waals surface area contributed by atoms with Crippen LogP contribution in [0.15, 0.2) is 60.8 Å². The molecule has 0 saturated carbocycles. The third kappa shape index (κ3) is 3.13. The molecule has 0 unspecified atom stereocenters. The molecule has 1 heteroatoms. The smallest absolute Gasteiger partial charge is 0.0410 e. The standard InChI is InChI=1S/C15H19N/c1-5-8-14(9-6-2)16(4)15-11-7-10-13(3)12-15/h5-12H,1H2,2-4H3/b9-6-,14-8+. The average Bonchev–Trinajstić information content (AvgIpc) is 2.28. The number of hydrogen-bond acceptors (Lipinski definition) is 1. The summed E-state index contributed by atoms with van der Waals surface area (Å²) in [7, 11) is 2.06. The molecule has 0 radical (unpaired) electrons. The van der Waals surface area contributed by atoms with E-state index in [-0.39, 0.29) is 0 Å². The molecule has 0 fully saturated rings. The molecule has 0 aliphatic rings. The van der Waals surface area contributed by atoms with Crippen LogP contribution in [0.5, 0.6) is 0 Å². The molecule has 0 aliphatic carbocycles. The zero-order valence-electron chi connectivity index (χ0n) is 10.3. The molecule has 0 amide bonds. The fourth-order valence-electron chi connectivity index (χ4n) is 1.56. The molecule has 0 spiro atoms. The van der Waals surface area contributed by atoms with E-state index in [1.807, 2.05) is 25.2 Å².